The molecule has 0 amide bonds. The fourth-order valence-electron chi connectivity index (χ4n) is 9.41. The van der Waals surface area contributed by atoms with Gasteiger partial charge in [-0.1, -0.05) is 113 Å². The first kappa shape index (κ1) is 36.0. The van der Waals surface area contributed by atoms with Gasteiger partial charge in [-0.05, 0) is 114 Å². The summed E-state index contributed by atoms with van der Waals surface area (Å²) in [6.45, 7) is 6.79. The SMILES string of the molecule is Bc1c(B)c(B)c2c(-c3ccc4oc5cc(-c6ccc7c(ccc8ccccc87)c6)ccc5c4c3)c3c(B)c(B)c(B)c(B)c3c(C(=C)/C=C\C=C/C)c2c1B. The first-order valence-corrected chi connectivity index (χ1v) is 19.8. The average Bonchev–Trinajstić information content (AvgIpc) is 3.59. The van der Waals surface area contributed by atoms with Crippen molar-refractivity contribution in [1.29, 1.82) is 0 Å². The molecular formula is C47H40B8O. The van der Waals surface area contributed by atoms with Crippen molar-refractivity contribution < 1.29 is 4.42 Å². The van der Waals surface area contributed by atoms with E-state index in [1.807, 2.05) is 0 Å². The van der Waals surface area contributed by atoms with E-state index in [2.05, 4.69) is 185 Å². The largest absolute Gasteiger partial charge is 0.456 e. The lowest BCUT2D eigenvalue weighted by Gasteiger charge is -2.28. The van der Waals surface area contributed by atoms with E-state index in [4.69, 9.17) is 11.0 Å². The Morgan fingerprint density at radius 3 is 1.70 bits per heavy atom. The highest BCUT2D eigenvalue weighted by Crippen LogP contribution is 2.41. The molecular weight excluding hydrogens is 667 g/mol. The molecule has 0 bridgehead atoms. The van der Waals surface area contributed by atoms with Gasteiger partial charge in [-0.3, -0.25) is 0 Å². The van der Waals surface area contributed by atoms with Crippen molar-refractivity contribution >= 4 is 177 Å². The van der Waals surface area contributed by atoms with E-state index < -0.39 is 0 Å². The van der Waals surface area contributed by atoms with Crippen LogP contribution in [0, 0.1) is 0 Å². The Balaban J connectivity index is 1.31. The zero-order valence-corrected chi connectivity index (χ0v) is 34.1. The summed E-state index contributed by atoms with van der Waals surface area (Å²) in [7, 11) is 18.4. The summed E-state index contributed by atoms with van der Waals surface area (Å²) in [5, 5.41) is 12.6. The predicted octanol–water partition coefficient (Wildman–Crippen LogP) is -0.254. The molecule has 9 aromatic rings. The first-order valence-electron chi connectivity index (χ1n) is 19.8. The smallest absolute Gasteiger partial charge is 0.139 e. The second kappa shape index (κ2) is 13.5. The summed E-state index contributed by atoms with van der Waals surface area (Å²) in [6, 6.07) is 33.4. The van der Waals surface area contributed by atoms with Crippen LogP contribution in [0.25, 0.3) is 92.9 Å². The van der Waals surface area contributed by atoms with E-state index in [1.165, 1.54) is 109 Å². The van der Waals surface area contributed by atoms with Gasteiger partial charge >= 0.3 is 0 Å². The summed E-state index contributed by atoms with van der Waals surface area (Å²) < 4.78 is 6.65. The number of rotatable bonds is 5. The monoisotopic (exact) mass is 708 g/mol. The first-order chi connectivity index (χ1) is 27.0. The maximum Gasteiger partial charge on any atom is 0.139 e. The second-order valence-electron chi connectivity index (χ2n) is 15.9. The predicted molar refractivity (Wildman–Crippen MR) is 273 cm³/mol. The molecule has 0 N–H and O–H groups in total. The van der Waals surface area contributed by atoms with Crippen LogP contribution in [0.2, 0.25) is 0 Å². The molecule has 1 heterocycles. The van der Waals surface area contributed by atoms with Gasteiger partial charge in [0.25, 0.3) is 0 Å². The number of allylic oxidation sites excluding steroid dienone is 5. The van der Waals surface area contributed by atoms with Crippen molar-refractivity contribution in [3.05, 3.63) is 127 Å². The van der Waals surface area contributed by atoms with Gasteiger partial charge in [-0.15, -0.1) is 21.9 Å². The number of fused-ring (bicyclic) bond motifs is 8. The fourth-order valence-corrected chi connectivity index (χ4v) is 9.41. The topological polar surface area (TPSA) is 13.1 Å². The Morgan fingerprint density at radius 1 is 0.482 bits per heavy atom. The van der Waals surface area contributed by atoms with Crippen molar-refractivity contribution in [2.45, 2.75) is 6.92 Å². The normalized spacial score (nSPS) is 12.2. The van der Waals surface area contributed by atoms with Crippen molar-refractivity contribution in [3.8, 4) is 22.3 Å². The molecule has 56 heavy (non-hydrogen) atoms. The van der Waals surface area contributed by atoms with Crippen molar-refractivity contribution in [2.75, 3.05) is 0 Å². The van der Waals surface area contributed by atoms with Gasteiger partial charge in [0.05, 0.1) is 0 Å². The lowest BCUT2D eigenvalue weighted by atomic mass is 9.59. The molecule has 8 aromatic carbocycles. The lowest BCUT2D eigenvalue weighted by Crippen LogP contribution is -2.50. The molecule has 9 heteroatoms. The van der Waals surface area contributed by atoms with Crippen LogP contribution in [0.15, 0.2) is 126 Å². The Morgan fingerprint density at radius 2 is 1.04 bits per heavy atom. The van der Waals surface area contributed by atoms with Gasteiger partial charge in [0, 0.05) is 10.8 Å². The van der Waals surface area contributed by atoms with E-state index in [9.17, 15) is 0 Å². The molecule has 0 unspecified atom stereocenters. The Bertz CT molecular complexity index is 3180. The third-order valence-corrected chi connectivity index (χ3v) is 13.1. The van der Waals surface area contributed by atoms with Crippen LogP contribution in [-0.4, -0.2) is 62.8 Å². The second-order valence-corrected chi connectivity index (χ2v) is 15.9. The molecule has 0 saturated carbocycles. The summed E-state index contributed by atoms with van der Waals surface area (Å²) in [6.07, 6.45) is 8.45. The van der Waals surface area contributed by atoms with Crippen LogP contribution in [-0.2, 0) is 0 Å². The highest BCUT2D eigenvalue weighted by atomic mass is 16.3. The van der Waals surface area contributed by atoms with Crippen LogP contribution in [0.3, 0.4) is 0 Å². The molecule has 1 aromatic heterocycles. The molecule has 0 radical (unpaired) electrons. The van der Waals surface area contributed by atoms with Crippen molar-refractivity contribution in [1.82, 2.24) is 0 Å². The van der Waals surface area contributed by atoms with Crippen LogP contribution in [0.5, 0.6) is 0 Å². The maximum atomic E-state index is 6.65. The van der Waals surface area contributed by atoms with Gasteiger partial charge in [-0.25, -0.2) is 0 Å². The molecule has 0 atom stereocenters. The van der Waals surface area contributed by atoms with Gasteiger partial charge in [0.1, 0.15) is 73.9 Å². The summed E-state index contributed by atoms with van der Waals surface area (Å²) >= 11 is 0. The molecule has 0 spiro atoms. The molecule has 0 fully saturated rings. The molecule has 1 nitrogen and oxygen atoms in total. The number of furan rings is 1. The van der Waals surface area contributed by atoms with Crippen molar-refractivity contribution in [3.63, 3.8) is 0 Å². The van der Waals surface area contributed by atoms with E-state index >= 15 is 0 Å². The Kier molecular flexibility index (Phi) is 8.69. The van der Waals surface area contributed by atoms with E-state index in [1.54, 1.807) is 0 Å². The zero-order chi connectivity index (χ0) is 39.2. The third kappa shape index (κ3) is 5.35. The summed E-state index contributed by atoms with van der Waals surface area (Å²) in [4.78, 5) is 0. The van der Waals surface area contributed by atoms with Crippen LogP contribution in [0.1, 0.15) is 12.5 Å². The maximum absolute atomic E-state index is 6.65. The van der Waals surface area contributed by atoms with Gasteiger partial charge in [0.15, 0.2) is 0 Å². The molecule has 0 saturated heterocycles. The zero-order valence-electron chi connectivity index (χ0n) is 34.1. The number of hydrogen-bond acceptors (Lipinski definition) is 1. The average molecular weight is 707 g/mol. The number of benzene rings is 8. The quantitative estimate of drug-likeness (QED) is 0.104. The van der Waals surface area contributed by atoms with Gasteiger partial charge < -0.3 is 4.42 Å². The van der Waals surface area contributed by atoms with E-state index in [0.29, 0.717) is 0 Å². The lowest BCUT2D eigenvalue weighted by molar-refractivity contribution is 0.669. The minimum Gasteiger partial charge on any atom is -0.456 e. The molecule has 0 aliphatic rings. The van der Waals surface area contributed by atoms with E-state index in [0.717, 1.165) is 33.1 Å². The Hall–Kier alpha value is -5.66. The van der Waals surface area contributed by atoms with Gasteiger partial charge in [-0.2, -0.15) is 0 Å². The van der Waals surface area contributed by atoms with Crippen LogP contribution < -0.4 is 43.7 Å². The minimum absolute atomic E-state index is 0.901. The fraction of sp³-hybridized carbons (Fsp3) is 0.0213. The molecule has 0 aliphatic carbocycles. The van der Waals surface area contributed by atoms with Crippen LogP contribution >= 0.6 is 0 Å². The van der Waals surface area contributed by atoms with Gasteiger partial charge in [0.2, 0.25) is 0 Å². The van der Waals surface area contributed by atoms with E-state index in [-0.39, 0.29) is 0 Å². The van der Waals surface area contributed by atoms with Crippen LogP contribution in [0.4, 0.5) is 0 Å². The highest BCUT2D eigenvalue weighted by Gasteiger charge is 2.25. The number of hydrogen-bond donors (Lipinski definition) is 0. The summed E-state index contributed by atoms with van der Waals surface area (Å²) in [5.41, 5.74) is 19.6. The Labute approximate surface area is 336 Å². The molecule has 258 valence electrons. The molecule has 0 aliphatic heterocycles. The standard InChI is InChI=1S/C47H40B8O/c1-3-4-5-8-22(2)34-36-38(42(50)46(54)44(52)40(36)48)35(39-37(34)41(49)45(53)47(55)43(39)51)27-15-18-32-31(20-27)30-17-14-25(21-33(30)56-32)24-13-16-29-26(19-24)12-11-23-9-6-7-10-28(23)29/h3-21H,2,48-55H2,1H3/b4-3-,8-5-. The third-order valence-electron chi connectivity index (χ3n) is 13.1. The highest BCUT2D eigenvalue weighted by molar-refractivity contribution is 6.70. The molecule has 9 rings (SSSR count). The summed E-state index contributed by atoms with van der Waals surface area (Å²) in [5.74, 6) is 0. The van der Waals surface area contributed by atoms with Crippen molar-refractivity contribution in [2.24, 2.45) is 0 Å². The minimum atomic E-state index is 0.901.